The van der Waals surface area contributed by atoms with Crippen molar-refractivity contribution in [2.45, 2.75) is 25.7 Å². The van der Waals surface area contributed by atoms with Crippen molar-refractivity contribution in [1.82, 2.24) is 0 Å². The van der Waals surface area contributed by atoms with Gasteiger partial charge in [-0.2, -0.15) is 0 Å². The molecule has 2 aliphatic carbocycles. The Bertz CT molecular complexity index is 308. The first kappa shape index (κ1) is 7.47. The van der Waals surface area contributed by atoms with Crippen LogP contribution in [0.1, 0.15) is 25.7 Å². The highest BCUT2D eigenvalue weighted by Gasteiger charge is 2.22. The predicted octanol–water partition coefficient (Wildman–Crippen LogP) is 1.56. The van der Waals surface area contributed by atoms with Crippen LogP contribution in [-0.4, -0.2) is 11.6 Å². The molecule has 0 spiro atoms. The maximum Gasteiger partial charge on any atom is 0.162 e. The molecule has 12 heavy (non-hydrogen) atoms. The molecule has 0 heterocycles. The van der Waals surface area contributed by atoms with Crippen LogP contribution in [0.15, 0.2) is 23.3 Å². The minimum absolute atomic E-state index is 0.128. The Morgan fingerprint density at radius 2 is 1.92 bits per heavy atom. The van der Waals surface area contributed by atoms with Gasteiger partial charge in [-0.1, -0.05) is 5.57 Å². The van der Waals surface area contributed by atoms with Crippen LogP contribution < -0.4 is 0 Å². The van der Waals surface area contributed by atoms with Gasteiger partial charge in [-0.3, -0.25) is 9.59 Å². The van der Waals surface area contributed by atoms with E-state index in [9.17, 15) is 9.59 Å². The van der Waals surface area contributed by atoms with E-state index in [4.69, 9.17) is 0 Å². The zero-order valence-electron chi connectivity index (χ0n) is 6.80. The van der Waals surface area contributed by atoms with E-state index in [0.717, 1.165) is 24.0 Å². The standard InChI is InChI=1S/C10H10O2/c11-8-4-5-9-7(6-8)2-1-3-10(9)12/h4-5H,1-3,6H2. The van der Waals surface area contributed by atoms with Gasteiger partial charge in [0, 0.05) is 18.4 Å². The molecule has 0 N–H and O–H groups in total. The van der Waals surface area contributed by atoms with Gasteiger partial charge in [-0.25, -0.2) is 0 Å². The highest BCUT2D eigenvalue weighted by molar-refractivity contribution is 6.05. The van der Waals surface area contributed by atoms with Crippen molar-refractivity contribution in [2.24, 2.45) is 0 Å². The molecule has 0 aliphatic heterocycles. The summed E-state index contributed by atoms with van der Waals surface area (Å²) in [6, 6.07) is 0. The van der Waals surface area contributed by atoms with Crippen molar-refractivity contribution in [1.29, 1.82) is 0 Å². The normalized spacial score (nSPS) is 23.0. The molecule has 0 fully saturated rings. The third-order valence-electron chi connectivity index (χ3n) is 2.39. The van der Waals surface area contributed by atoms with Gasteiger partial charge in [0.2, 0.25) is 0 Å². The van der Waals surface area contributed by atoms with E-state index in [-0.39, 0.29) is 11.6 Å². The molecule has 2 nitrogen and oxygen atoms in total. The van der Waals surface area contributed by atoms with E-state index in [1.54, 1.807) is 6.08 Å². The molecule has 0 atom stereocenters. The van der Waals surface area contributed by atoms with E-state index in [1.807, 2.05) is 0 Å². The Labute approximate surface area is 71.0 Å². The summed E-state index contributed by atoms with van der Waals surface area (Å²) in [7, 11) is 0. The molecule has 0 aromatic heterocycles. The van der Waals surface area contributed by atoms with Crippen LogP contribution in [0.4, 0.5) is 0 Å². The van der Waals surface area contributed by atoms with Crippen molar-refractivity contribution >= 4 is 11.6 Å². The monoisotopic (exact) mass is 162 g/mol. The molecule has 0 saturated carbocycles. The number of carbonyl (C=O) groups is 2. The Hall–Kier alpha value is -1.18. The van der Waals surface area contributed by atoms with Crippen LogP contribution in [0, 0.1) is 0 Å². The summed E-state index contributed by atoms with van der Waals surface area (Å²) in [6.07, 6.45) is 6.16. The second kappa shape index (κ2) is 2.70. The first-order valence-corrected chi connectivity index (χ1v) is 4.23. The first-order chi connectivity index (χ1) is 5.77. The molecule has 0 bridgehead atoms. The molecule has 0 saturated heterocycles. The fourth-order valence-electron chi connectivity index (χ4n) is 1.77. The third-order valence-corrected chi connectivity index (χ3v) is 2.39. The smallest absolute Gasteiger partial charge is 0.162 e. The maximum atomic E-state index is 11.3. The zero-order valence-corrected chi connectivity index (χ0v) is 6.80. The third kappa shape index (κ3) is 1.13. The van der Waals surface area contributed by atoms with Crippen molar-refractivity contribution in [3.63, 3.8) is 0 Å². The van der Waals surface area contributed by atoms with Crippen LogP contribution in [0.3, 0.4) is 0 Å². The van der Waals surface area contributed by atoms with Crippen molar-refractivity contribution < 1.29 is 9.59 Å². The summed E-state index contributed by atoms with van der Waals surface area (Å²) in [4.78, 5) is 22.3. The summed E-state index contributed by atoms with van der Waals surface area (Å²) >= 11 is 0. The van der Waals surface area contributed by atoms with E-state index in [0.29, 0.717) is 12.8 Å². The average Bonchev–Trinajstić information content (AvgIpc) is 2.04. The lowest BCUT2D eigenvalue weighted by molar-refractivity contribution is -0.116. The van der Waals surface area contributed by atoms with E-state index >= 15 is 0 Å². The van der Waals surface area contributed by atoms with Gasteiger partial charge in [0.25, 0.3) is 0 Å². The van der Waals surface area contributed by atoms with Gasteiger partial charge in [-0.15, -0.1) is 0 Å². The second-order valence-electron chi connectivity index (χ2n) is 3.27. The fourth-order valence-corrected chi connectivity index (χ4v) is 1.77. The molecule has 0 aromatic carbocycles. The molecule has 0 radical (unpaired) electrons. The lowest BCUT2D eigenvalue weighted by Crippen LogP contribution is -2.15. The van der Waals surface area contributed by atoms with Crippen molar-refractivity contribution in [3.8, 4) is 0 Å². The highest BCUT2D eigenvalue weighted by atomic mass is 16.1. The van der Waals surface area contributed by atoms with Crippen LogP contribution in [0.2, 0.25) is 0 Å². The predicted molar refractivity (Wildman–Crippen MR) is 44.6 cm³/mol. The topological polar surface area (TPSA) is 34.1 Å². The number of allylic oxidation sites excluding steroid dienone is 4. The largest absolute Gasteiger partial charge is 0.294 e. The first-order valence-electron chi connectivity index (χ1n) is 4.23. The second-order valence-corrected chi connectivity index (χ2v) is 3.27. The Morgan fingerprint density at radius 1 is 1.08 bits per heavy atom. The Kier molecular flexibility index (Phi) is 1.68. The van der Waals surface area contributed by atoms with Crippen molar-refractivity contribution in [3.05, 3.63) is 23.3 Å². The molecule has 62 valence electrons. The molecule has 0 amide bonds. The zero-order chi connectivity index (χ0) is 8.55. The van der Waals surface area contributed by atoms with E-state index in [2.05, 4.69) is 0 Å². The Morgan fingerprint density at radius 3 is 2.75 bits per heavy atom. The maximum absolute atomic E-state index is 11.3. The summed E-state index contributed by atoms with van der Waals surface area (Å²) < 4.78 is 0. The lowest BCUT2D eigenvalue weighted by Gasteiger charge is -2.18. The molecular weight excluding hydrogens is 152 g/mol. The van der Waals surface area contributed by atoms with Gasteiger partial charge in [-0.05, 0) is 25.0 Å². The minimum Gasteiger partial charge on any atom is -0.294 e. The summed E-state index contributed by atoms with van der Waals surface area (Å²) in [5.41, 5.74) is 1.86. The van der Waals surface area contributed by atoms with E-state index < -0.39 is 0 Å². The van der Waals surface area contributed by atoms with Crippen LogP contribution in [-0.2, 0) is 9.59 Å². The van der Waals surface area contributed by atoms with Gasteiger partial charge in [0.15, 0.2) is 11.6 Å². The average molecular weight is 162 g/mol. The van der Waals surface area contributed by atoms with Crippen LogP contribution >= 0.6 is 0 Å². The van der Waals surface area contributed by atoms with Crippen molar-refractivity contribution in [2.75, 3.05) is 0 Å². The van der Waals surface area contributed by atoms with Gasteiger partial charge < -0.3 is 0 Å². The van der Waals surface area contributed by atoms with Crippen LogP contribution in [0.5, 0.6) is 0 Å². The fraction of sp³-hybridized carbons (Fsp3) is 0.400. The number of ketones is 2. The van der Waals surface area contributed by atoms with Crippen LogP contribution in [0.25, 0.3) is 0 Å². The van der Waals surface area contributed by atoms with E-state index in [1.165, 1.54) is 6.08 Å². The minimum atomic E-state index is 0.128. The summed E-state index contributed by atoms with van der Waals surface area (Å²) in [6.45, 7) is 0. The highest BCUT2D eigenvalue weighted by Crippen LogP contribution is 2.28. The SMILES string of the molecule is O=C1C=CC2=C(CCCC2=O)C1. The molecule has 2 aliphatic rings. The summed E-state index contributed by atoms with van der Waals surface area (Å²) in [5, 5.41) is 0. The molecule has 2 rings (SSSR count). The number of rotatable bonds is 0. The lowest BCUT2D eigenvalue weighted by atomic mass is 9.85. The van der Waals surface area contributed by atoms with Gasteiger partial charge in [0.05, 0.1) is 0 Å². The number of hydrogen-bond acceptors (Lipinski definition) is 2. The number of carbonyl (C=O) groups excluding carboxylic acids is 2. The number of Topliss-reactive ketones (excluding diaryl/α,β-unsaturated/α-hetero) is 1. The summed E-state index contributed by atoms with van der Waals surface area (Å²) in [5.74, 6) is 0.337. The molecule has 0 aromatic rings. The number of hydrogen-bond donors (Lipinski definition) is 0. The molecular formula is C10H10O2. The molecule has 0 unspecified atom stereocenters. The van der Waals surface area contributed by atoms with Gasteiger partial charge >= 0.3 is 0 Å². The molecule has 2 heteroatoms. The quantitative estimate of drug-likeness (QED) is 0.541. The van der Waals surface area contributed by atoms with Gasteiger partial charge in [0.1, 0.15) is 0 Å². The Balaban J connectivity index is 2.37.